The molecule has 1 aromatic carbocycles. The molecular formula is C12H8F2N2O2S. The fourth-order valence-corrected chi connectivity index (χ4v) is 2.23. The number of hydrogen-bond donors (Lipinski definition) is 2. The first-order valence-corrected chi connectivity index (χ1v) is 5.91. The molecule has 0 amide bonds. The van der Waals surface area contributed by atoms with Crippen LogP contribution in [0, 0.1) is 11.6 Å². The smallest absolute Gasteiger partial charge is 0.337 e. The molecule has 0 bridgehead atoms. The number of hydrogen-bond acceptors (Lipinski definition) is 4. The number of halogens is 2. The molecule has 2 rings (SSSR count). The summed E-state index contributed by atoms with van der Waals surface area (Å²) in [5.41, 5.74) is 5.58. The lowest BCUT2D eigenvalue weighted by Crippen LogP contribution is -2.04. The summed E-state index contributed by atoms with van der Waals surface area (Å²) in [4.78, 5) is 15.2. The Morgan fingerprint density at radius 1 is 1.26 bits per heavy atom. The maximum absolute atomic E-state index is 13.1. The Bertz CT molecular complexity index is 650. The molecule has 0 saturated carbocycles. The summed E-state index contributed by atoms with van der Waals surface area (Å²) in [5, 5.41) is 9.14. The lowest BCUT2D eigenvalue weighted by atomic mass is 10.2. The molecule has 0 radical (unpaired) electrons. The predicted molar refractivity (Wildman–Crippen MR) is 66.1 cm³/mol. The quantitative estimate of drug-likeness (QED) is 0.905. The van der Waals surface area contributed by atoms with E-state index < -0.39 is 17.6 Å². The van der Waals surface area contributed by atoms with E-state index in [1.807, 2.05) is 0 Å². The summed E-state index contributed by atoms with van der Waals surface area (Å²) in [6.07, 6.45) is 1.29. The zero-order valence-corrected chi connectivity index (χ0v) is 10.2. The summed E-state index contributed by atoms with van der Waals surface area (Å²) in [7, 11) is 0. The van der Waals surface area contributed by atoms with E-state index in [-0.39, 0.29) is 16.3 Å². The summed E-state index contributed by atoms with van der Waals surface area (Å²) in [6.45, 7) is 0. The molecule has 0 aliphatic rings. The van der Waals surface area contributed by atoms with Gasteiger partial charge in [-0.3, -0.25) is 0 Å². The third-order valence-electron chi connectivity index (χ3n) is 2.29. The minimum atomic E-state index is -1.17. The number of benzene rings is 1. The van der Waals surface area contributed by atoms with Crippen LogP contribution in [0.2, 0.25) is 0 Å². The number of aromatic carboxylic acids is 1. The van der Waals surface area contributed by atoms with E-state index in [9.17, 15) is 13.6 Å². The van der Waals surface area contributed by atoms with E-state index in [0.717, 1.165) is 23.9 Å². The molecule has 0 atom stereocenters. The van der Waals surface area contributed by atoms with Gasteiger partial charge in [-0.25, -0.2) is 18.6 Å². The first kappa shape index (κ1) is 13.3. The maximum Gasteiger partial charge on any atom is 0.337 e. The average Bonchev–Trinajstić information content (AvgIpc) is 2.36. The molecule has 0 unspecified atom stereocenters. The van der Waals surface area contributed by atoms with E-state index in [1.54, 1.807) is 0 Å². The second-order valence-electron chi connectivity index (χ2n) is 3.56. The number of nitrogens with two attached hydrogens (primary N) is 1. The Balaban J connectivity index is 2.35. The number of carbonyl (C=O) groups is 1. The van der Waals surface area contributed by atoms with Crippen LogP contribution in [-0.4, -0.2) is 16.1 Å². The fraction of sp³-hybridized carbons (Fsp3) is 0. The van der Waals surface area contributed by atoms with Crippen LogP contribution in [0.15, 0.2) is 40.4 Å². The number of nitrogens with zero attached hydrogens (tertiary/aromatic N) is 1. The van der Waals surface area contributed by atoms with Gasteiger partial charge in [0.25, 0.3) is 0 Å². The second-order valence-corrected chi connectivity index (χ2v) is 4.62. The van der Waals surface area contributed by atoms with Gasteiger partial charge in [-0.2, -0.15) is 0 Å². The van der Waals surface area contributed by atoms with Crippen molar-refractivity contribution in [1.82, 2.24) is 4.98 Å². The number of pyridine rings is 1. The molecule has 19 heavy (non-hydrogen) atoms. The van der Waals surface area contributed by atoms with E-state index in [2.05, 4.69) is 4.98 Å². The molecule has 0 saturated heterocycles. The van der Waals surface area contributed by atoms with Crippen molar-refractivity contribution in [1.29, 1.82) is 0 Å². The van der Waals surface area contributed by atoms with Gasteiger partial charge in [0, 0.05) is 11.1 Å². The summed E-state index contributed by atoms with van der Waals surface area (Å²) in [6, 6.07) is 4.61. The van der Waals surface area contributed by atoms with E-state index in [4.69, 9.17) is 10.8 Å². The molecule has 4 nitrogen and oxygen atoms in total. The van der Waals surface area contributed by atoms with Crippen molar-refractivity contribution >= 4 is 23.4 Å². The van der Waals surface area contributed by atoms with Crippen LogP contribution in [0.1, 0.15) is 10.4 Å². The van der Waals surface area contributed by atoms with Gasteiger partial charge in [-0.15, -0.1) is 0 Å². The highest BCUT2D eigenvalue weighted by molar-refractivity contribution is 7.99. The topological polar surface area (TPSA) is 76.2 Å². The largest absolute Gasteiger partial charge is 0.478 e. The third kappa shape index (κ3) is 2.82. The highest BCUT2D eigenvalue weighted by atomic mass is 32.2. The molecule has 0 aliphatic heterocycles. The van der Waals surface area contributed by atoms with Crippen LogP contribution < -0.4 is 5.73 Å². The summed E-state index contributed by atoms with van der Waals surface area (Å²) < 4.78 is 25.8. The van der Waals surface area contributed by atoms with E-state index in [0.29, 0.717) is 4.90 Å². The Hall–Kier alpha value is -2.15. The van der Waals surface area contributed by atoms with Crippen molar-refractivity contribution < 1.29 is 18.7 Å². The van der Waals surface area contributed by atoms with Gasteiger partial charge in [0.15, 0.2) is 11.6 Å². The molecule has 98 valence electrons. The molecule has 7 heteroatoms. The summed E-state index contributed by atoms with van der Waals surface area (Å²) >= 11 is 0.963. The van der Waals surface area contributed by atoms with Crippen molar-refractivity contribution in [2.45, 2.75) is 9.92 Å². The number of rotatable bonds is 3. The standard InChI is InChI=1S/C12H8F2N2O2S/c13-8-2-1-6(5-9(8)14)19-11-10(15)7(12(17)18)3-4-16-11/h1-5H,15H2,(H,17,18). The number of anilines is 1. The van der Waals surface area contributed by atoms with Gasteiger partial charge in [0.1, 0.15) is 5.03 Å². The van der Waals surface area contributed by atoms with Crippen LogP contribution in [0.4, 0.5) is 14.5 Å². The first-order valence-electron chi connectivity index (χ1n) is 5.09. The highest BCUT2D eigenvalue weighted by Crippen LogP contribution is 2.32. The first-order chi connectivity index (χ1) is 8.99. The average molecular weight is 282 g/mol. The number of aromatic nitrogens is 1. The molecule has 2 aromatic rings. The fourth-order valence-electron chi connectivity index (χ4n) is 1.37. The molecular weight excluding hydrogens is 274 g/mol. The Morgan fingerprint density at radius 2 is 2.00 bits per heavy atom. The number of carboxylic acids is 1. The Morgan fingerprint density at radius 3 is 2.63 bits per heavy atom. The lowest BCUT2D eigenvalue weighted by Gasteiger charge is -2.07. The Kier molecular flexibility index (Phi) is 3.66. The normalized spacial score (nSPS) is 10.4. The zero-order chi connectivity index (χ0) is 14.0. The van der Waals surface area contributed by atoms with E-state index in [1.165, 1.54) is 18.3 Å². The van der Waals surface area contributed by atoms with Crippen molar-refractivity contribution in [2.24, 2.45) is 0 Å². The molecule has 1 aromatic heterocycles. The molecule has 0 aliphatic carbocycles. The SMILES string of the molecule is Nc1c(C(=O)O)ccnc1Sc1ccc(F)c(F)c1. The van der Waals surface area contributed by atoms with Gasteiger partial charge in [0.05, 0.1) is 11.3 Å². The van der Waals surface area contributed by atoms with Gasteiger partial charge < -0.3 is 10.8 Å². The predicted octanol–water partition coefficient (Wildman–Crippen LogP) is 2.79. The third-order valence-corrected chi connectivity index (χ3v) is 3.30. The van der Waals surface area contributed by atoms with Crippen LogP contribution in [0.3, 0.4) is 0 Å². The molecule has 3 N–H and O–H groups in total. The van der Waals surface area contributed by atoms with Gasteiger partial charge in [-0.1, -0.05) is 11.8 Å². The minimum Gasteiger partial charge on any atom is -0.478 e. The van der Waals surface area contributed by atoms with Crippen molar-refractivity contribution in [3.8, 4) is 0 Å². The highest BCUT2D eigenvalue weighted by Gasteiger charge is 2.14. The molecule has 1 heterocycles. The zero-order valence-electron chi connectivity index (χ0n) is 9.43. The maximum atomic E-state index is 13.1. The van der Waals surface area contributed by atoms with Gasteiger partial charge >= 0.3 is 5.97 Å². The van der Waals surface area contributed by atoms with Gasteiger partial charge in [0.2, 0.25) is 0 Å². The van der Waals surface area contributed by atoms with Crippen molar-refractivity contribution in [2.75, 3.05) is 5.73 Å². The number of carboxylic acid groups (broad SMARTS) is 1. The minimum absolute atomic E-state index is 0.00951. The number of nitrogen functional groups attached to an aromatic ring is 1. The van der Waals surface area contributed by atoms with Crippen LogP contribution in [0.25, 0.3) is 0 Å². The van der Waals surface area contributed by atoms with Crippen LogP contribution in [-0.2, 0) is 0 Å². The lowest BCUT2D eigenvalue weighted by molar-refractivity contribution is 0.0697. The van der Waals surface area contributed by atoms with Crippen LogP contribution in [0.5, 0.6) is 0 Å². The molecule has 0 fully saturated rings. The van der Waals surface area contributed by atoms with Crippen molar-refractivity contribution in [3.05, 3.63) is 47.7 Å². The second kappa shape index (κ2) is 5.23. The van der Waals surface area contributed by atoms with Gasteiger partial charge in [-0.05, 0) is 24.3 Å². The van der Waals surface area contributed by atoms with Crippen LogP contribution >= 0.6 is 11.8 Å². The Labute approximate surface area is 111 Å². The molecule has 0 spiro atoms. The van der Waals surface area contributed by atoms with Crippen molar-refractivity contribution in [3.63, 3.8) is 0 Å². The van der Waals surface area contributed by atoms with E-state index >= 15 is 0 Å². The monoisotopic (exact) mass is 282 g/mol. The summed E-state index contributed by atoms with van der Waals surface area (Å²) in [5.74, 6) is -3.12.